The number of rotatable bonds is 8. The van der Waals surface area contributed by atoms with Crippen LogP contribution in [0.4, 0.5) is 0 Å². The molecule has 7 heteroatoms. The minimum atomic E-state index is -3.86. The number of nitrogens with one attached hydrogen (secondary N) is 1. The number of hydrogen-bond donors (Lipinski definition) is 1. The van der Waals surface area contributed by atoms with Crippen LogP contribution in [-0.2, 0) is 24.3 Å². The quantitative estimate of drug-likeness (QED) is 0.553. The predicted octanol–water partition coefficient (Wildman–Crippen LogP) is 2.58. The molecule has 0 amide bonds. The third-order valence-electron chi connectivity index (χ3n) is 4.47. The van der Waals surface area contributed by atoms with Crippen molar-refractivity contribution in [1.29, 1.82) is 0 Å². The summed E-state index contributed by atoms with van der Waals surface area (Å²) in [5.74, 6) is -0.881. The third kappa shape index (κ3) is 5.16. The zero-order chi connectivity index (χ0) is 19.2. The van der Waals surface area contributed by atoms with Gasteiger partial charge in [0.25, 0.3) is 0 Å². The van der Waals surface area contributed by atoms with E-state index in [1.54, 1.807) is 25.1 Å². The van der Waals surface area contributed by atoms with Crippen LogP contribution in [0.5, 0.6) is 0 Å². The van der Waals surface area contributed by atoms with E-state index in [1.807, 2.05) is 6.92 Å². The lowest BCUT2D eigenvalue weighted by Gasteiger charge is -2.35. The Morgan fingerprint density at radius 2 is 2.12 bits per heavy atom. The molecule has 1 N–H and O–H groups in total. The summed E-state index contributed by atoms with van der Waals surface area (Å²) >= 11 is 0. The van der Waals surface area contributed by atoms with Crippen LogP contribution in [-0.4, -0.2) is 39.7 Å². The normalized spacial score (nSPS) is 21.8. The van der Waals surface area contributed by atoms with Crippen LogP contribution >= 0.6 is 0 Å². The molecule has 0 saturated carbocycles. The number of sulfonamides is 1. The Kier molecular flexibility index (Phi) is 7.37. The highest BCUT2D eigenvalue weighted by atomic mass is 32.2. The molecule has 3 atom stereocenters. The molecular formula is C19H27NO5S. The van der Waals surface area contributed by atoms with Gasteiger partial charge in [0.15, 0.2) is 0 Å². The SMILES string of the molecule is C=CCC1OCCCC1C(NS(=O)(=O)c1ccc(C)cc1)C(=O)OCC. The largest absolute Gasteiger partial charge is 0.465 e. The lowest BCUT2D eigenvalue weighted by atomic mass is 9.86. The fourth-order valence-electron chi connectivity index (χ4n) is 3.15. The molecule has 0 aliphatic carbocycles. The van der Waals surface area contributed by atoms with E-state index in [0.29, 0.717) is 19.4 Å². The monoisotopic (exact) mass is 381 g/mol. The minimum absolute atomic E-state index is 0.120. The summed E-state index contributed by atoms with van der Waals surface area (Å²) in [6, 6.07) is 5.50. The molecule has 144 valence electrons. The van der Waals surface area contributed by atoms with Crippen LogP contribution in [0.15, 0.2) is 41.8 Å². The first kappa shape index (κ1) is 20.6. The van der Waals surface area contributed by atoms with Crippen LogP contribution in [0.3, 0.4) is 0 Å². The molecule has 6 nitrogen and oxygen atoms in total. The lowest BCUT2D eigenvalue weighted by molar-refractivity contribution is -0.150. The van der Waals surface area contributed by atoms with Gasteiger partial charge in [-0.05, 0) is 45.2 Å². The molecule has 1 fully saturated rings. The zero-order valence-corrected chi connectivity index (χ0v) is 16.1. The molecule has 1 aromatic rings. The third-order valence-corrected chi connectivity index (χ3v) is 5.93. The van der Waals surface area contributed by atoms with E-state index in [-0.39, 0.29) is 23.5 Å². The summed E-state index contributed by atoms with van der Waals surface area (Å²) in [6.45, 7) is 8.08. The number of carbonyl (C=O) groups excluding carboxylic acids is 1. The van der Waals surface area contributed by atoms with Crippen molar-refractivity contribution in [2.45, 2.75) is 50.2 Å². The summed E-state index contributed by atoms with van der Waals surface area (Å²) < 4.78 is 39.0. The number of hydrogen-bond acceptors (Lipinski definition) is 5. The average molecular weight is 381 g/mol. The molecule has 26 heavy (non-hydrogen) atoms. The number of benzene rings is 1. The van der Waals surface area contributed by atoms with E-state index in [2.05, 4.69) is 11.3 Å². The van der Waals surface area contributed by atoms with Crippen molar-refractivity contribution in [2.24, 2.45) is 5.92 Å². The van der Waals surface area contributed by atoms with E-state index in [0.717, 1.165) is 12.0 Å². The summed E-state index contributed by atoms with van der Waals surface area (Å²) in [6.07, 6.45) is 3.45. The highest BCUT2D eigenvalue weighted by molar-refractivity contribution is 7.89. The number of esters is 1. The van der Waals surface area contributed by atoms with E-state index < -0.39 is 22.0 Å². The molecule has 1 heterocycles. The van der Waals surface area contributed by atoms with Crippen LogP contribution in [0.25, 0.3) is 0 Å². The van der Waals surface area contributed by atoms with Crippen molar-refractivity contribution in [3.63, 3.8) is 0 Å². The Morgan fingerprint density at radius 3 is 2.73 bits per heavy atom. The first-order chi connectivity index (χ1) is 12.4. The maximum Gasteiger partial charge on any atom is 0.324 e. The average Bonchev–Trinajstić information content (AvgIpc) is 2.61. The van der Waals surface area contributed by atoms with Gasteiger partial charge in [0, 0.05) is 12.5 Å². The van der Waals surface area contributed by atoms with E-state index in [4.69, 9.17) is 9.47 Å². The van der Waals surface area contributed by atoms with Gasteiger partial charge in [-0.3, -0.25) is 4.79 Å². The lowest BCUT2D eigenvalue weighted by Crippen LogP contribution is -2.52. The Bertz CT molecular complexity index is 714. The molecule has 1 aliphatic heterocycles. The fourth-order valence-corrected chi connectivity index (χ4v) is 4.38. The van der Waals surface area contributed by atoms with Gasteiger partial charge >= 0.3 is 5.97 Å². The summed E-state index contributed by atoms with van der Waals surface area (Å²) in [4.78, 5) is 12.6. The van der Waals surface area contributed by atoms with Gasteiger partial charge in [0.1, 0.15) is 6.04 Å². The maximum absolute atomic E-state index is 12.8. The van der Waals surface area contributed by atoms with Gasteiger partial charge in [0.05, 0.1) is 17.6 Å². The highest BCUT2D eigenvalue weighted by Gasteiger charge is 2.39. The molecule has 2 rings (SSSR count). The second-order valence-corrected chi connectivity index (χ2v) is 8.12. The van der Waals surface area contributed by atoms with Crippen molar-refractivity contribution in [3.8, 4) is 0 Å². The smallest absolute Gasteiger partial charge is 0.324 e. The number of ether oxygens (including phenoxy) is 2. The molecule has 1 saturated heterocycles. The molecule has 0 aromatic heterocycles. The zero-order valence-electron chi connectivity index (χ0n) is 15.3. The fraction of sp³-hybridized carbons (Fsp3) is 0.526. The number of carbonyl (C=O) groups is 1. The van der Waals surface area contributed by atoms with Crippen LogP contribution in [0, 0.1) is 12.8 Å². The van der Waals surface area contributed by atoms with Crippen molar-refractivity contribution < 1.29 is 22.7 Å². The Hall–Kier alpha value is -1.70. The second-order valence-electron chi connectivity index (χ2n) is 6.40. The van der Waals surface area contributed by atoms with E-state index in [1.165, 1.54) is 12.1 Å². The first-order valence-corrected chi connectivity index (χ1v) is 10.4. The highest BCUT2D eigenvalue weighted by Crippen LogP contribution is 2.28. The topological polar surface area (TPSA) is 81.7 Å². The minimum Gasteiger partial charge on any atom is -0.465 e. The maximum atomic E-state index is 12.8. The van der Waals surface area contributed by atoms with Crippen LogP contribution in [0.1, 0.15) is 31.7 Å². The van der Waals surface area contributed by atoms with Gasteiger partial charge in [-0.2, -0.15) is 4.72 Å². The van der Waals surface area contributed by atoms with Crippen molar-refractivity contribution in [1.82, 2.24) is 4.72 Å². The van der Waals surface area contributed by atoms with Gasteiger partial charge < -0.3 is 9.47 Å². The summed E-state index contributed by atoms with van der Waals surface area (Å²) in [7, 11) is -3.86. The second kappa shape index (κ2) is 9.30. The Morgan fingerprint density at radius 1 is 1.42 bits per heavy atom. The Balaban J connectivity index is 2.30. The van der Waals surface area contributed by atoms with Crippen molar-refractivity contribution >= 4 is 16.0 Å². The Labute approximate surface area is 155 Å². The molecule has 0 bridgehead atoms. The number of aryl methyl sites for hydroxylation is 1. The molecule has 0 spiro atoms. The van der Waals surface area contributed by atoms with Gasteiger partial charge in [-0.25, -0.2) is 8.42 Å². The summed E-state index contributed by atoms with van der Waals surface area (Å²) in [5, 5.41) is 0. The van der Waals surface area contributed by atoms with Gasteiger partial charge in [0.2, 0.25) is 10.0 Å². The standard InChI is InChI=1S/C19H27NO5S/c1-4-7-17-16(8-6-13-25-17)18(19(21)24-5-2)20-26(22,23)15-11-9-14(3)10-12-15/h4,9-12,16-18,20H,1,5-8,13H2,2-3H3. The molecule has 0 radical (unpaired) electrons. The van der Waals surface area contributed by atoms with Gasteiger partial charge in [-0.15, -0.1) is 6.58 Å². The van der Waals surface area contributed by atoms with Gasteiger partial charge in [-0.1, -0.05) is 23.8 Å². The van der Waals surface area contributed by atoms with Crippen molar-refractivity contribution in [2.75, 3.05) is 13.2 Å². The van der Waals surface area contributed by atoms with Crippen LogP contribution in [0.2, 0.25) is 0 Å². The van der Waals surface area contributed by atoms with E-state index in [9.17, 15) is 13.2 Å². The summed E-state index contributed by atoms with van der Waals surface area (Å²) in [5.41, 5.74) is 0.956. The molecule has 3 unspecified atom stereocenters. The van der Waals surface area contributed by atoms with Crippen molar-refractivity contribution in [3.05, 3.63) is 42.5 Å². The molecular weight excluding hydrogens is 354 g/mol. The molecule has 1 aromatic carbocycles. The first-order valence-electron chi connectivity index (χ1n) is 8.87. The van der Waals surface area contributed by atoms with Crippen LogP contribution < -0.4 is 4.72 Å². The molecule has 1 aliphatic rings. The predicted molar refractivity (Wildman–Crippen MR) is 99.2 cm³/mol. The van der Waals surface area contributed by atoms with E-state index >= 15 is 0 Å².